The molecule has 4 aliphatic rings. The highest BCUT2D eigenvalue weighted by Gasteiger charge is 2.67. The van der Waals surface area contributed by atoms with Crippen molar-refractivity contribution in [1.29, 1.82) is 0 Å². The highest BCUT2D eigenvalue weighted by molar-refractivity contribution is 5.15. The van der Waals surface area contributed by atoms with Gasteiger partial charge >= 0.3 is 0 Å². The van der Waals surface area contributed by atoms with Crippen molar-refractivity contribution in [2.24, 2.45) is 52.3 Å². The van der Waals surface area contributed by atoms with E-state index in [4.69, 9.17) is 0 Å². The molecule has 0 radical (unpaired) electrons. The van der Waals surface area contributed by atoms with Crippen LogP contribution in [-0.4, -0.2) is 45.3 Å². The molecule has 4 nitrogen and oxygen atoms in total. The lowest BCUT2D eigenvalue weighted by molar-refractivity contribution is -0.235. The number of hydrogen-bond donors (Lipinski definition) is 4. The van der Waals surface area contributed by atoms with Crippen LogP contribution in [0.1, 0.15) is 79.1 Å². The van der Waals surface area contributed by atoms with Crippen molar-refractivity contribution >= 4 is 0 Å². The number of hydrogen-bond acceptors (Lipinski definition) is 4. The summed E-state index contributed by atoms with van der Waals surface area (Å²) in [5.41, 5.74) is 0.0607. The van der Waals surface area contributed by atoms with Crippen LogP contribution >= 0.6 is 0 Å². The Hall–Kier alpha value is -0.160. The van der Waals surface area contributed by atoms with Crippen LogP contribution in [0.25, 0.3) is 0 Å². The van der Waals surface area contributed by atoms with E-state index >= 15 is 0 Å². The van der Waals surface area contributed by atoms with Gasteiger partial charge in [0.1, 0.15) is 0 Å². The van der Waals surface area contributed by atoms with Crippen LogP contribution in [0.15, 0.2) is 0 Å². The third-order valence-corrected chi connectivity index (χ3v) is 10.7. The molecule has 0 bridgehead atoms. The summed E-state index contributed by atoms with van der Waals surface area (Å²) in [5.74, 6) is 2.25. The van der Waals surface area contributed by atoms with E-state index in [1.54, 1.807) is 0 Å². The molecule has 0 spiro atoms. The van der Waals surface area contributed by atoms with Crippen LogP contribution in [0.3, 0.4) is 0 Å². The Labute approximate surface area is 177 Å². The van der Waals surface area contributed by atoms with Crippen molar-refractivity contribution in [3.63, 3.8) is 0 Å². The standard InChI is InChI=1S/C25H44O4/c1-5-16-19-12-15(27)8-10-24(19,3)22-20(28)13-25(4)17(14(2)9-11-26)6-7-18(25)21(22)23(16)29/h14-23,26-29H,5-13H2,1-4H3/t14-,15-,16-,17-,18?,19+,20+,21?,22?,23-,24+,25-/m1/s1. The van der Waals surface area contributed by atoms with Crippen molar-refractivity contribution in [3.05, 3.63) is 0 Å². The topological polar surface area (TPSA) is 80.9 Å². The molecular formula is C25H44O4. The van der Waals surface area contributed by atoms with Gasteiger partial charge in [-0.3, -0.25) is 0 Å². The normalized spacial score (nSPS) is 55.7. The maximum atomic E-state index is 11.7. The Kier molecular flexibility index (Phi) is 5.90. The lowest BCUT2D eigenvalue weighted by atomic mass is 9.40. The van der Waals surface area contributed by atoms with Gasteiger partial charge in [-0.1, -0.05) is 34.1 Å². The molecule has 0 aromatic carbocycles. The smallest absolute Gasteiger partial charge is 0.0605 e. The lowest BCUT2D eigenvalue weighted by Gasteiger charge is -2.66. The maximum absolute atomic E-state index is 11.7. The minimum absolute atomic E-state index is 0.0132. The molecule has 4 fully saturated rings. The molecule has 4 rings (SSSR count). The summed E-state index contributed by atoms with van der Waals surface area (Å²) in [6.07, 6.45) is 6.46. The monoisotopic (exact) mass is 408 g/mol. The first-order valence-corrected chi connectivity index (χ1v) is 12.3. The zero-order chi connectivity index (χ0) is 21.1. The SMILES string of the molecule is CC[C@H]1[C@@H](O)C2C3CC[C@H]([C@H](C)CCO)[C@@]3(C)C[C@H](O)C2[C@@]2(C)CC[C@@H](O)C[C@@H]12. The van der Waals surface area contributed by atoms with Gasteiger partial charge in [0.2, 0.25) is 0 Å². The van der Waals surface area contributed by atoms with Gasteiger partial charge in [-0.25, -0.2) is 0 Å². The summed E-state index contributed by atoms with van der Waals surface area (Å²) in [4.78, 5) is 0. The van der Waals surface area contributed by atoms with E-state index < -0.39 is 0 Å². The fraction of sp³-hybridized carbons (Fsp3) is 1.00. The molecule has 0 aromatic rings. The molecule has 0 saturated heterocycles. The Morgan fingerprint density at radius 2 is 1.72 bits per heavy atom. The first-order chi connectivity index (χ1) is 13.7. The van der Waals surface area contributed by atoms with E-state index in [9.17, 15) is 20.4 Å². The maximum Gasteiger partial charge on any atom is 0.0605 e. The summed E-state index contributed by atoms with van der Waals surface area (Å²) in [6, 6.07) is 0. The second kappa shape index (κ2) is 7.76. The third-order valence-electron chi connectivity index (χ3n) is 10.7. The Morgan fingerprint density at radius 1 is 1.00 bits per heavy atom. The Balaban J connectivity index is 1.72. The van der Waals surface area contributed by atoms with Gasteiger partial charge in [-0.05, 0) is 97.2 Å². The Morgan fingerprint density at radius 3 is 2.38 bits per heavy atom. The molecule has 4 N–H and O–H groups in total. The second-order valence-corrected chi connectivity index (χ2v) is 11.8. The van der Waals surface area contributed by atoms with Crippen molar-refractivity contribution in [2.75, 3.05) is 6.61 Å². The van der Waals surface area contributed by atoms with Gasteiger partial charge in [0, 0.05) is 6.61 Å². The summed E-state index contributed by atoms with van der Waals surface area (Å²) in [5, 5.41) is 43.1. The van der Waals surface area contributed by atoms with Crippen LogP contribution in [0, 0.1) is 52.3 Å². The fourth-order valence-electron chi connectivity index (χ4n) is 9.45. The van der Waals surface area contributed by atoms with Crippen LogP contribution in [0.4, 0.5) is 0 Å². The molecule has 0 amide bonds. The molecule has 168 valence electrons. The minimum atomic E-state index is -0.377. The molecule has 12 atom stereocenters. The predicted octanol–water partition coefficient (Wildman–Crippen LogP) is 3.60. The summed E-state index contributed by atoms with van der Waals surface area (Å²) >= 11 is 0. The van der Waals surface area contributed by atoms with Gasteiger partial charge in [-0.2, -0.15) is 0 Å². The van der Waals surface area contributed by atoms with Gasteiger partial charge < -0.3 is 20.4 Å². The molecule has 4 heteroatoms. The van der Waals surface area contributed by atoms with Gasteiger partial charge in [0.25, 0.3) is 0 Å². The van der Waals surface area contributed by atoms with Crippen molar-refractivity contribution < 1.29 is 20.4 Å². The van der Waals surface area contributed by atoms with E-state index in [0.29, 0.717) is 23.7 Å². The summed E-state index contributed by atoms with van der Waals surface area (Å²) in [6.45, 7) is 9.42. The number of aliphatic hydroxyl groups is 4. The number of rotatable bonds is 4. The number of aliphatic hydroxyl groups excluding tert-OH is 4. The zero-order valence-corrected chi connectivity index (χ0v) is 18.9. The van der Waals surface area contributed by atoms with E-state index in [1.807, 2.05) is 0 Å². The second-order valence-electron chi connectivity index (χ2n) is 11.8. The summed E-state index contributed by atoms with van der Waals surface area (Å²) in [7, 11) is 0. The van der Waals surface area contributed by atoms with Crippen molar-refractivity contribution in [2.45, 2.75) is 97.4 Å². The molecule has 3 unspecified atom stereocenters. The van der Waals surface area contributed by atoms with Gasteiger partial charge in [-0.15, -0.1) is 0 Å². The average Bonchev–Trinajstić information content (AvgIpc) is 3.00. The van der Waals surface area contributed by atoms with E-state index in [1.165, 1.54) is 0 Å². The summed E-state index contributed by atoms with van der Waals surface area (Å²) < 4.78 is 0. The molecule has 4 aliphatic carbocycles. The van der Waals surface area contributed by atoms with Crippen LogP contribution in [-0.2, 0) is 0 Å². The largest absolute Gasteiger partial charge is 0.396 e. The zero-order valence-electron chi connectivity index (χ0n) is 18.9. The fourth-order valence-corrected chi connectivity index (χ4v) is 9.45. The van der Waals surface area contributed by atoms with Crippen LogP contribution in [0.2, 0.25) is 0 Å². The van der Waals surface area contributed by atoms with E-state index in [0.717, 1.165) is 51.4 Å². The predicted molar refractivity (Wildman–Crippen MR) is 114 cm³/mol. The number of fused-ring (bicyclic) bond motifs is 5. The van der Waals surface area contributed by atoms with Crippen LogP contribution in [0.5, 0.6) is 0 Å². The molecular weight excluding hydrogens is 364 g/mol. The van der Waals surface area contributed by atoms with Crippen molar-refractivity contribution in [1.82, 2.24) is 0 Å². The quantitative estimate of drug-likeness (QED) is 0.573. The van der Waals surface area contributed by atoms with Gasteiger partial charge in [0.15, 0.2) is 0 Å². The first-order valence-electron chi connectivity index (χ1n) is 12.3. The minimum Gasteiger partial charge on any atom is -0.396 e. The molecule has 0 aliphatic heterocycles. The van der Waals surface area contributed by atoms with E-state index in [-0.39, 0.29) is 53.5 Å². The molecule has 29 heavy (non-hydrogen) atoms. The van der Waals surface area contributed by atoms with E-state index in [2.05, 4.69) is 27.7 Å². The highest BCUT2D eigenvalue weighted by atomic mass is 16.3. The third kappa shape index (κ3) is 3.15. The first kappa shape index (κ1) is 22.0. The molecule has 0 aromatic heterocycles. The Bertz CT molecular complexity index is 595. The highest BCUT2D eigenvalue weighted by Crippen LogP contribution is 2.69. The van der Waals surface area contributed by atoms with Gasteiger partial charge in [0.05, 0.1) is 18.3 Å². The molecule has 4 saturated carbocycles. The van der Waals surface area contributed by atoms with Crippen LogP contribution < -0.4 is 0 Å². The average molecular weight is 409 g/mol. The lowest BCUT2D eigenvalue weighted by Crippen LogP contribution is -2.65. The van der Waals surface area contributed by atoms with Crippen molar-refractivity contribution in [3.8, 4) is 0 Å². The molecule has 0 heterocycles.